The van der Waals surface area contributed by atoms with E-state index in [0.717, 1.165) is 37.5 Å². The van der Waals surface area contributed by atoms with E-state index in [1.165, 1.54) is 0 Å². The minimum Gasteiger partial charge on any atom is -0.497 e. The van der Waals surface area contributed by atoms with Gasteiger partial charge in [0.2, 0.25) is 5.91 Å². The highest BCUT2D eigenvalue weighted by Gasteiger charge is 2.18. The van der Waals surface area contributed by atoms with Crippen molar-refractivity contribution in [1.82, 2.24) is 15.1 Å². The number of hydrogen-bond acceptors (Lipinski definition) is 4. The molecule has 0 aliphatic carbocycles. The minimum absolute atomic E-state index is 0.187. The van der Waals surface area contributed by atoms with E-state index in [1.807, 2.05) is 29.2 Å². The molecule has 1 aromatic rings. The first-order valence-corrected chi connectivity index (χ1v) is 6.99. The maximum absolute atomic E-state index is 12.0. The highest BCUT2D eigenvalue weighted by molar-refractivity contribution is 5.78. The van der Waals surface area contributed by atoms with Crippen LogP contribution in [0, 0.1) is 0 Å². The Labute approximate surface area is 120 Å². The minimum atomic E-state index is 0.187. The molecular formula is C15H23N3O2. The largest absolute Gasteiger partial charge is 0.497 e. The van der Waals surface area contributed by atoms with Crippen LogP contribution >= 0.6 is 0 Å². The summed E-state index contributed by atoms with van der Waals surface area (Å²) >= 11 is 0. The summed E-state index contributed by atoms with van der Waals surface area (Å²) in [5.41, 5.74) is 1.15. The van der Waals surface area contributed by atoms with Crippen molar-refractivity contribution in [2.75, 3.05) is 46.9 Å². The number of piperazine rings is 1. The van der Waals surface area contributed by atoms with Gasteiger partial charge >= 0.3 is 0 Å². The summed E-state index contributed by atoms with van der Waals surface area (Å²) in [6.45, 7) is 4.69. The average Bonchev–Trinajstić information content (AvgIpc) is 2.48. The van der Waals surface area contributed by atoms with Crippen LogP contribution in [0.4, 0.5) is 0 Å². The number of carbonyl (C=O) groups excluding carboxylic acids is 1. The van der Waals surface area contributed by atoms with Gasteiger partial charge in [-0.2, -0.15) is 0 Å². The lowest BCUT2D eigenvalue weighted by Gasteiger charge is -2.32. The zero-order valence-corrected chi connectivity index (χ0v) is 12.3. The summed E-state index contributed by atoms with van der Waals surface area (Å²) in [4.78, 5) is 16.2. The van der Waals surface area contributed by atoms with Gasteiger partial charge in [0.25, 0.3) is 0 Å². The zero-order valence-electron chi connectivity index (χ0n) is 12.3. The van der Waals surface area contributed by atoms with Crippen molar-refractivity contribution in [3.63, 3.8) is 0 Å². The third-order valence-corrected chi connectivity index (χ3v) is 3.62. The Kier molecular flexibility index (Phi) is 5.38. The van der Waals surface area contributed by atoms with Crippen molar-refractivity contribution >= 4 is 5.91 Å². The quantitative estimate of drug-likeness (QED) is 0.854. The normalized spacial score (nSPS) is 16.2. The zero-order chi connectivity index (χ0) is 14.4. The number of carbonyl (C=O) groups is 1. The maximum atomic E-state index is 12.0. The second kappa shape index (κ2) is 7.26. The molecular weight excluding hydrogens is 254 g/mol. The van der Waals surface area contributed by atoms with Crippen LogP contribution in [0.2, 0.25) is 0 Å². The smallest absolute Gasteiger partial charge is 0.236 e. The molecule has 0 spiro atoms. The highest BCUT2D eigenvalue weighted by Crippen LogP contribution is 2.10. The van der Waals surface area contributed by atoms with Crippen LogP contribution in [0.25, 0.3) is 0 Å². The van der Waals surface area contributed by atoms with E-state index in [4.69, 9.17) is 4.74 Å². The average molecular weight is 277 g/mol. The first-order valence-electron chi connectivity index (χ1n) is 6.99. The van der Waals surface area contributed by atoms with Gasteiger partial charge in [-0.3, -0.25) is 4.79 Å². The van der Waals surface area contributed by atoms with Gasteiger partial charge in [0.15, 0.2) is 0 Å². The number of nitrogens with zero attached hydrogens (tertiary/aromatic N) is 2. The van der Waals surface area contributed by atoms with Gasteiger partial charge in [-0.25, -0.2) is 0 Å². The number of amides is 1. The number of rotatable bonds is 5. The molecule has 5 heteroatoms. The summed E-state index contributed by atoms with van der Waals surface area (Å²) in [7, 11) is 3.74. The summed E-state index contributed by atoms with van der Waals surface area (Å²) in [5, 5.41) is 3.20. The van der Waals surface area contributed by atoms with Crippen LogP contribution in [0.5, 0.6) is 5.75 Å². The van der Waals surface area contributed by atoms with Gasteiger partial charge in [0.05, 0.1) is 13.7 Å². The molecule has 0 atom stereocenters. The molecule has 110 valence electrons. The maximum Gasteiger partial charge on any atom is 0.236 e. The summed E-state index contributed by atoms with van der Waals surface area (Å²) < 4.78 is 5.11. The lowest BCUT2D eigenvalue weighted by Crippen LogP contribution is -2.49. The van der Waals surface area contributed by atoms with Crippen molar-refractivity contribution in [3.8, 4) is 5.75 Å². The standard InChI is InChI=1S/C15H23N3O2/c1-17-7-9-18(10-8-17)15(19)12-16-11-13-3-5-14(20-2)6-4-13/h3-6,16H,7-12H2,1-2H3. The molecule has 1 heterocycles. The van der Waals surface area contributed by atoms with Gasteiger partial charge in [-0.1, -0.05) is 12.1 Å². The van der Waals surface area contributed by atoms with Crippen molar-refractivity contribution in [2.45, 2.75) is 6.54 Å². The van der Waals surface area contributed by atoms with Crippen LogP contribution in [0.1, 0.15) is 5.56 Å². The lowest BCUT2D eigenvalue weighted by atomic mass is 10.2. The number of nitrogens with one attached hydrogen (secondary N) is 1. The number of methoxy groups -OCH3 is 1. The second-order valence-electron chi connectivity index (χ2n) is 5.14. The van der Waals surface area contributed by atoms with E-state index in [2.05, 4.69) is 17.3 Å². The molecule has 20 heavy (non-hydrogen) atoms. The van der Waals surface area contributed by atoms with Crippen molar-refractivity contribution in [3.05, 3.63) is 29.8 Å². The molecule has 0 bridgehead atoms. The molecule has 0 radical (unpaired) electrons. The third kappa shape index (κ3) is 4.21. The number of benzene rings is 1. The van der Waals surface area contributed by atoms with E-state index in [9.17, 15) is 4.79 Å². The molecule has 1 aromatic carbocycles. The van der Waals surface area contributed by atoms with E-state index < -0.39 is 0 Å². The van der Waals surface area contributed by atoms with E-state index in [1.54, 1.807) is 7.11 Å². The molecule has 2 rings (SSSR count). The first kappa shape index (κ1) is 14.8. The van der Waals surface area contributed by atoms with Gasteiger partial charge < -0.3 is 19.9 Å². The summed E-state index contributed by atoms with van der Waals surface area (Å²) in [5.74, 6) is 1.04. The van der Waals surface area contributed by atoms with Crippen molar-refractivity contribution in [2.24, 2.45) is 0 Å². The number of ether oxygens (including phenoxy) is 1. The van der Waals surface area contributed by atoms with Gasteiger partial charge in [0, 0.05) is 32.7 Å². The molecule has 0 aromatic heterocycles. The third-order valence-electron chi connectivity index (χ3n) is 3.62. The molecule has 1 aliphatic heterocycles. The van der Waals surface area contributed by atoms with Gasteiger partial charge in [0.1, 0.15) is 5.75 Å². The van der Waals surface area contributed by atoms with E-state index >= 15 is 0 Å². The summed E-state index contributed by atoms with van der Waals surface area (Å²) in [6.07, 6.45) is 0. The topological polar surface area (TPSA) is 44.8 Å². The fraction of sp³-hybridized carbons (Fsp3) is 0.533. The Bertz CT molecular complexity index is 425. The molecule has 1 fully saturated rings. The molecule has 1 saturated heterocycles. The fourth-order valence-corrected chi connectivity index (χ4v) is 2.22. The van der Waals surface area contributed by atoms with E-state index in [-0.39, 0.29) is 5.91 Å². The molecule has 1 aliphatic rings. The van der Waals surface area contributed by atoms with Crippen molar-refractivity contribution < 1.29 is 9.53 Å². The second-order valence-corrected chi connectivity index (χ2v) is 5.14. The van der Waals surface area contributed by atoms with Crippen LogP contribution < -0.4 is 10.1 Å². The monoisotopic (exact) mass is 277 g/mol. The van der Waals surface area contributed by atoms with E-state index in [0.29, 0.717) is 13.1 Å². The molecule has 5 nitrogen and oxygen atoms in total. The molecule has 1 amide bonds. The van der Waals surface area contributed by atoms with Crippen LogP contribution in [-0.4, -0.2) is 62.6 Å². The molecule has 0 saturated carbocycles. The Morgan fingerprint density at radius 3 is 2.45 bits per heavy atom. The first-order chi connectivity index (χ1) is 9.69. The van der Waals surface area contributed by atoms with Crippen LogP contribution in [-0.2, 0) is 11.3 Å². The number of hydrogen-bond donors (Lipinski definition) is 1. The highest BCUT2D eigenvalue weighted by atomic mass is 16.5. The van der Waals surface area contributed by atoms with Gasteiger partial charge in [-0.15, -0.1) is 0 Å². The predicted octanol–water partition coefficient (Wildman–Crippen LogP) is 0.559. The number of likely N-dealkylation sites (N-methyl/N-ethyl adjacent to an activating group) is 1. The molecule has 1 N–H and O–H groups in total. The molecule has 0 unspecified atom stereocenters. The van der Waals surface area contributed by atoms with Crippen LogP contribution in [0.15, 0.2) is 24.3 Å². The Balaban J connectivity index is 1.70. The Morgan fingerprint density at radius 2 is 1.85 bits per heavy atom. The SMILES string of the molecule is COc1ccc(CNCC(=O)N2CCN(C)CC2)cc1. The fourth-order valence-electron chi connectivity index (χ4n) is 2.22. The Morgan fingerprint density at radius 1 is 1.20 bits per heavy atom. The van der Waals surface area contributed by atoms with Crippen molar-refractivity contribution in [1.29, 1.82) is 0 Å². The Hall–Kier alpha value is -1.59. The summed E-state index contributed by atoms with van der Waals surface area (Å²) in [6, 6.07) is 7.87. The predicted molar refractivity (Wildman–Crippen MR) is 78.8 cm³/mol. The van der Waals surface area contributed by atoms with Gasteiger partial charge in [-0.05, 0) is 24.7 Å². The van der Waals surface area contributed by atoms with Crippen LogP contribution in [0.3, 0.4) is 0 Å². The lowest BCUT2D eigenvalue weighted by molar-refractivity contribution is -0.131.